The average Bonchev–Trinajstić information content (AvgIpc) is 2.82. The highest BCUT2D eigenvalue weighted by atomic mass is 19.2. The van der Waals surface area contributed by atoms with Crippen molar-refractivity contribution < 1.29 is 8.78 Å². The molecule has 0 radical (unpaired) electrons. The van der Waals surface area contributed by atoms with E-state index in [2.05, 4.69) is 10.4 Å². The second-order valence-corrected chi connectivity index (χ2v) is 3.98. The molecule has 2 rings (SSSR count). The van der Waals surface area contributed by atoms with Crippen LogP contribution < -0.4 is 5.32 Å². The molecule has 0 spiro atoms. The molecule has 0 saturated heterocycles. The van der Waals surface area contributed by atoms with Crippen LogP contribution in [-0.4, -0.2) is 9.78 Å². The van der Waals surface area contributed by atoms with Gasteiger partial charge in [-0.2, -0.15) is 5.10 Å². The van der Waals surface area contributed by atoms with Crippen molar-refractivity contribution in [1.29, 1.82) is 0 Å². The van der Waals surface area contributed by atoms with Crippen LogP contribution in [0.5, 0.6) is 0 Å². The highest BCUT2D eigenvalue weighted by Gasteiger charge is 2.07. The zero-order valence-corrected chi connectivity index (χ0v) is 10.2. The van der Waals surface area contributed by atoms with Gasteiger partial charge < -0.3 is 5.32 Å². The third-order valence-corrected chi connectivity index (χ3v) is 2.67. The summed E-state index contributed by atoms with van der Waals surface area (Å²) in [6, 6.07) is 6.08. The number of nitrogens with one attached hydrogen (secondary N) is 1. The molecule has 0 saturated carbocycles. The third-order valence-electron chi connectivity index (χ3n) is 2.67. The lowest BCUT2D eigenvalue weighted by Crippen LogP contribution is -2.14. The minimum atomic E-state index is -0.815. The fourth-order valence-electron chi connectivity index (χ4n) is 1.68. The predicted octanol–water partition coefficient (Wildman–Crippen LogP) is 2.47. The van der Waals surface area contributed by atoms with E-state index >= 15 is 0 Å². The molecule has 5 heteroatoms. The summed E-state index contributed by atoms with van der Waals surface area (Å²) in [5, 5.41) is 7.33. The summed E-state index contributed by atoms with van der Waals surface area (Å²) in [5.74, 6) is -1.60. The summed E-state index contributed by atoms with van der Waals surface area (Å²) < 4.78 is 28.1. The predicted molar refractivity (Wildman–Crippen MR) is 64.8 cm³/mol. The number of halogens is 2. The van der Waals surface area contributed by atoms with E-state index in [1.54, 1.807) is 6.07 Å². The summed E-state index contributed by atoms with van der Waals surface area (Å²) >= 11 is 0. The molecule has 0 aliphatic rings. The Morgan fingerprint density at radius 1 is 1.22 bits per heavy atom. The van der Waals surface area contributed by atoms with Gasteiger partial charge in [-0.15, -0.1) is 0 Å². The van der Waals surface area contributed by atoms with Crippen LogP contribution in [0.15, 0.2) is 30.5 Å². The smallest absolute Gasteiger partial charge is 0.163 e. The second-order valence-electron chi connectivity index (χ2n) is 3.98. The van der Waals surface area contributed by atoms with E-state index in [0.717, 1.165) is 18.3 Å². The summed E-state index contributed by atoms with van der Waals surface area (Å²) in [5.41, 5.74) is 1.21. The van der Waals surface area contributed by atoms with Gasteiger partial charge in [0.25, 0.3) is 0 Å². The van der Waals surface area contributed by atoms with Gasteiger partial charge in [0.2, 0.25) is 0 Å². The Morgan fingerprint density at radius 3 is 2.78 bits per heavy atom. The number of aromatic nitrogens is 2. The Labute approximate surface area is 104 Å². The SMILES string of the molecule is CCn1ccc(CNCc2cccc(F)c2F)n1. The Morgan fingerprint density at radius 2 is 2.06 bits per heavy atom. The molecule has 1 heterocycles. The molecule has 3 nitrogen and oxygen atoms in total. The number of nitrogens with zero attached hydrogens (tertiary/aromatic N) is 2. The van der Waals surface area contributed by atoms with Crippen molar-refractivity contribution in [2.24, 2.45) is 0 Å². The topological polar surface area (TPSA) is 29.9 Å². The van der Waals surface area contributed by atoms with Gasteiger partial charge in [0.15, 0.2) is 11.6 Å². The zero-order valence-electron chi connectivity index (χ0n) is 10.2. The van der Waals surface area contributed by atoms with E-state index in [4.69, 9.17) is 0 Å². The van der Waals surface area contributed by atoms with Gasteiger partial charge in [0, 0.05) is 31.4 Å². The normalized spacial score (nSPS) is 10.8. The summed E-state index contributed by atoms with van der Waals surface area (Å²) in [7, 11) is 0. The standard InChI is InChI=1S/C13H15F2N3/c1-2-18-7-6-11(17-18)9-16-8-10-4-3-5-12(14)13(10)15/h3-7,16H,2,8-9H2,1H3. The molecule has 96 valence electrons. The lowest BCUT2D eigenvalue weighted by Gasteiger charge is -2.05. The molecule has 0 aliphatic heterocycles. The monoisotopic (exact) mass is 251 g/mol. The first-order chi connectivity index (χ1) is 8.70. The van der Waals surface area contributed by atoms with Gasteiger partial charge in [-0.1, -0.05) is 12.1 Å². The molecular formula is C13H15F2N3. The van der Waals surface area contributed by atoms with Crippen LogP contribution in [0.25, 0.3) is 0 Å². The number of hydrogen-bond acceptors (Lipinski definition) is 2. The number of benzene rings is 1. The molecular weight excluding hydrogens is 236 g/mol. The maximum atomic E-state index is 13.4. The maximum absolute atomic E-state index is 13.4. The van der Waals surface area contributed by atoms with Crippen molar-refractivity contribution in [3.63, 3.8) is 0 Å². The van der Waals surface area contributed by atoms with E-state index in [1.807, 2.05) is 23.9 Å². The molecule has 1 aromatic carbocycles. The summed E-state index contributed by atoms with van der Waals surface area (Å²) in [4.78, 5) is 0. The third kappa shape index (κ3) is 2.92. The largest absolute Gasteiger partial charge is 0.307 e. The van der Waals surface area contributed by atoms with E-state index in [9.17, 15) is 8.78 Å². The Hall–Kier alpha value is -1.75. The maximum Gasteiger partial charge on any atom is 0.163 e. The quantitative estimate of drug-likeness (QED) is 0.884. The van der Waals surface area contributed by atoms with Crippen molar-refractivity contribution in [3.05, 3.63) is 53.4 Å². The molecule has 18 heavy (non-hydrogen) atoms. The number of hydrogen-bond donors (Lipinski definition) is 1. The van der Waals surface area contributed by atoms with Gasteiger partial charge in [0.05, 0.1) is 5.69 Å². The van der Waals surface area contributed by atoms with Crippen molar-refractivity contribution in [2.75, 3.05) is 0 Å². The van der Waals surface area contributed by atoms with Crippen LogP contribution in [0.4, 0.5) is 8.78 Å². The molecule has 1 N–H and O–H groups in total. The van der Waals surface area contributed by atoms with Crippen LogP contribution in [-0.2, 0) is 19.6 Å². The average molecular weight is 251 g/mol. The fourth-order valence-corrected chi connectivity index (χ4v) is 1.68. The van der Waals surface area contributed by atoms with Crippen LogP contribution in [0.1, 0.15) is 18.2 Å². The lowest BCUT2D eigenvalue weighted by molar-refractivity contribution is 0.492. The van der Waals surface area contributed by atoms with Crippen LogP contribution in [0.3, 0.4) is 0 Å². The first-order valence-corrected chi connectivity index (χ1v) is 5.86. The van der Waals surface area contributed by atoms with E-state index in [0.29, 0.717) is 12.1 Å². The van der Waals surface area contributed by atoms with E-state index in [1.165, 1.54) is 6.07 Å². The summed E-state index contributed by atoms with van der Waals surface area (Å²) in [6.07, 6.45) is 1.89. The van der Waals surface area contributed by atoms with Crippen molar-refractivity contribution in [3.8, 4) is 0 Å². The highest BCUT2D eigenvalue weighted by Crippen LogP contribution is 2.11. The molecule has 0 bridgehead atoms. The molecule has 0 atom stereocenters. The Balaban J connectivity index is 1.90. The molecule has 0 aliphatic carbocycles. The van der Waals surface area contributed by atoms with Gasteiger partial charge >= 0.3 is 0 Å². The van der Waals surface area contributed by atoms with Crippen LogP contribution >= 0.6 is 0 Å². The lowest BCUT2D eigenvalue weighted by atomic mass is 10.2. The minimum Gasteiger partial charge on any atom is -0.307 e. The zero-order chi connectivity index (χ0) is 13.0. The number of rotatable bonds is 5. The van der Waals surface area contributed by atoms with Crippen LogP contribution in [0.2, 0.25) is 0 Å². The molecule has 0 unspecified atom stereocenters. The first-order valence-electron chi connectivity index (χ1n) is 5.86. The Kier molecular flexibility index (Phi) is 4.04. The van der Waals surface area contributed by atoms with Gasteiger partial charge in [-0.3, -0.25) is 4.68 Å². The minimum absolute atomic E-state index is 0.280. The van der Waals surface area contributed by atoms with Gasteiger partial charge in [-0.05, 0) is 19.1 Å². The molecule has 0 fully saturated rings. The summed E-state index contributed by atoms with van der Waals surface area (Å²) in [6.45, 7) is 3.64. The number of aryl methyl sites for hydroxylation is 1. The molecule has 0 amide bonds. The van der Waals surface area contributed by atoms with E-state index in [-0.39, 0.29) is 6.54 Å². The second kappa shape index (κ2) is 5.73. The molecule has 2 aromatic rings. The van der Waals surface area contributed by atoms with Crippen molar-refractivity contribution >= 4 is 0 Å². The van der Waals surface area contributed by atoms with Crippen molar-refractivity contribution in [2.45, 2.75) is 26.6 Å². The van der Waals surface area contributed by atoms with Gasteiger partial charge in [-0.25, -0.2) is 8.78 Å². The molecule has 1 aromatic heterocycles. The van der Waals surface area contributed by atoms with Crippen molar-refractivity contribution in [1.82, 2.24) is 15.1 Å². The van der Waals surface area contributed by atoms with E-state index < -0.39 is 11.6 Å². The van der Waals surface area contributed by atoms with Gasteiger partial charge in [0.1, 0.15) is 0 Å². The fraction of sp³-hybridized carbons (Fsp3) is 0.308. The van der Waals surface area contributed by atoms with Crippen LogP contribution in [0, 0.1) is 11.6 Å². The first kappa shape index (κ1) is 12.7. The Bertz CT molecular complexity index is 523. The highest BCUT2D eigenvalue weighted by molar-refractivity contribution is 5.18.